The van der Waals surface area contributed by atoms with Gasteiger partial charge in [-0.15, -0.1) is 0 Å². The van der Waals surface area contributed by atoms with Crippen molar-refractivity contribution in [3.63, 3.8) is 0 Å². The van der Waals surface area contributed by atoms with Crippen LogP contribution in [0.5, 0.6) is 0 Å². The molecule has 7 nitrogen and oxygen atoms in total. The predicted octanol–water partition coefficient (Wildman–Crippen LogP) is 1.55. The van der Waals surface area contributed by atoms with Crippen LogP contribution >= 0.6 is 0 Å². The fourth-order valence-corrected chi connectivity index (χ4v) is 2.16. The molecule has 1 aromatic carbocycles. The van der Waals surface area contributed by atoms with Gasteiger partial charge < -0.3 is 15.4 Å². The Labute approximate surface area is 122 Å². The van der Waals surface area contributed by atoms with Gasteiger partial charge in [0, 0.05) is 24.7 Å². The molecule has 1 saturated heterocycles. The summed E-state index contributed by atoms with van der Waals surface area (Å²) in [5, 5.41) is 17.5. The van der Waals surface area contributed by atoms with Crippen LogP contribution in [-0.4, -0.2) is 37.1 Å². The standard InChI is InChI=1S/C14H17N3O4/c1-21-14(18)5-3-10-2-4-12(13(8-10)17(19)20)16-11-6-7-15-9-11/h2-5,8,11,15-16H,6-7,9H2,1H3/b5-3+. The summed E-state index contributed by atoms with van der Waals surface area (Å²) >= 11 is 0. The zero-order valence-electron chi connectivity index (χ0n) is 11.7. The van der Waals surface area contributed by atoms with E-state index >= 15 is 0 Å². The lowest BCUT2D eigenvalue weighted by atomic mass is 10.1. The molecule has 112 valence electrons. The number of nitrogens with one attached hydrogen (secondary N) is 2. The van der Waals surface area contributed by atoms with Gasteiger partial charge >= 0.3 is 5.97 Å². The van der Waals surface area contributed by atoms with E-state index in [4.69, 9.17) is 0 Å². The Morgan fingerprint density at radius 2 is 2.38 bits per heavy atom. The molecule has 7 heteroatoms. The fraction of sp³-hybridized carbons (Fsp3) is 0.357. The minimum Gasteiger partial charge on any atom is -0.466 e. The predicted molar refractivity (Wildman–Crippen MR) is 79.0 cm³/mol. The Kier molecular flexibility index (Phi) is 4.89. The molecule has 0 spiro atoms. The maximum atomic E-state index is 11.2. The normalized spacial score (nSPS) is 17.9. The largest absolute Gasteiger partial charge is 0.466 e. The Morgan fingerprint density at radius 1 is 1.57 bits per heavy atom. The number of rotatable bonds is 5. The molecule has 1 aliphatic rings. The van der Waals surface area contributed by atoms with Crippen LogP contribution in [0.2, 0.25) is 0 Å². The maximum absolute atomic E-state index is 11.2. The van der Waals surface area contributed by atoms with Gasteiger partial charge in [-0.3, -0.25) is 10.1 Å². The average molecular weight is 291 g/mol. The van der Waals surface area contributed by atoms with Crippen molar-refractivity contribution >= 4 is 23.4 Å². The highest BCUT2D eigenvalue weighted by atomic mass is 16.6. The number of esters is 1. The highest BCUT2D eigenvalue weighted by Crippen LogP contribution is 2.27. The molecule has 1 heterocycles. The van der Waals surface area contributed by atoms with E-state index in [2.05, 4.69) is 15.4 Å². The van der Waals surface area contributed by atoms with Gasteiger partial charge in [-0.25, -0.2) is 4.79 Å². The maximum Gasteiger partial charge on any atom is 0.330 e. The van der Waals surface area contributed by atoms with Gasteiger partial charge in [0.2, 0.25) is 0 Å². The van der Waals surface area contributed by atoms with Crippen LogP contribution < -0.4 is 10.6 Å². The second-order valence-corrected chi connectivity index (χ2v) is 4.72. The molecular formula is C14H17N3O4. The minimum absolute atomic E-state index is 0.00563. The number of hydrogen-bond acceptors (Lipinski definition) is 6. The van der Waals surface area contributed by atoms with E-state index in [1.54, 1.807) is 12.1 Å². The molecule has 0 aliphatic carbocycles. The molecule has 2 N–H and O–H groups in total. The third-order valence-corrected chi connectivity index (χ3v) is 3.25. The third kappa shape index (κ3) is 4.03. The minimum atomic E-state index is -0.503. The Morgan fingerprint density at radius 3 is 3.00 bits per heavy atom. The van der Waals surface area contributed by atoms with E-state index in [9.17, 15) is 14.9 Å². The van der Waals surface area contributed by atoms with Crippen molar-refractivity contribution < 1.29 is 14.5 Å². The molecule has 1 atom stereocenters. The zero-order chi connectivity index (χ0) is 15.2. The highest BCUT2D eigenvalue weighted by Gasteiger charge is 2.19. The van der Waals surface area contributed by atoms with E-state index in [1.165, 1.54) is 25.3 Å². The molecule has 2 rings (SSSR count). The van der Waals surface area contributed by atoms with Gasteiger partial charge in [0.15, 0.2) is 0 Å². The van der Waals surface area contributed by atoms with Crippen molar-refractivity contribution in [2.45, 2.75) is 12.5 Å². The summed E-state index contributed by atoms with van der Waals surface area (Å²) in [7, 11) is 1.28. The number of nitro benzene ring substituents is 1. The Hall–Kier alpha value is -2.41. The number of benzene rings is 1. The summed E-state index contributed by atoms with van der Waals surface area (Å²) in [5.74, 6) is -0.503. The van der Waals surface area contributed by atoms with Gasteiger partial charge in [-0.05, 0) is 30.7 Å². The van der Waals surface area contributed by atoms with Crippen LogP contribution in [0.3, 0.4) is 0 Å². The molecule has 1 fully saturated rings. The van der Waals surface area contributed by atoms with Gasteiger partial charge in [0.25, 0.3) is 5.69 Å². The summed E-state index contributed by atoms with van der Waals surface area (Å²) in [4.78, 5) is 21.8. The van der Waals surface area contributed by atoms with Gasteiger partial charge in [0.1, 0.15) is 5.69 Å². The van der Waals surface area contributed by atoms with Gasteiger partial charge in [-0.2, -0.15) is 0 Å². The number of anilines is 1. The quantitative estimate of drug-likeness (QED) is 0.370. The number of methoxy groups -OCH3 is 1. The average Bonchev–Trinajstić information content (AvgIpc) is 2.98. The van der Waals surface area contributed by atoms with Crippen LogP contribution in [0, 0.1) is 10.1 Å². The first-order chi connectivity index (χ1) is 10.1. The summed E-state index contributed by atoms with van der Waals surface area (Å²) in [6.07, 6.45) is 3.65. The second kappa shape index (κ2) is 6.85. The second-order valence-electron chi connectivity index (χ2n) is 4.72. The number of ether oxygens (including phenoxy) is 1. The molecule has 0 radical (unpaired) electrons. The smallest absolute Gasteiger partial charge is 0.330 e. The third-order valence-electron chi connectivity index (χ3n) is 3.25. The SMILES string of the molecule is COC(=O)/C=C/c1ccc(NC2CCNC2)c([N+](=O)[O-])c1. The number of hydrogen-bond donors (Lipinski definition) is 2. The van der Waals surface area contributed by atoms with Crippen LogP contribution in [-0.2, 0) is 9.53 Å². The van der Waals surface area contributed by atoms with Crippen molar-refractivity contribution in [3.05, 3.63) is 40.0 Å². The van der Waals surface area contributed by atoms with E-state index in [1.807, 2.05) is 0 Å². The summed E-state index contributed by atoms with van der Waals surface area (Å²) in [6, 6.07) is 5.01. The van der Waals surface area contributed by atoms with Gasteiger partial charge in [-0.1, -0.05) is 6.07 Å². The topological polar surface area (TPSA) is 93.5 Å². The van der Waals surface area contributed by atoms with E-state index < -0.39 is 10.9 Å². The first kappa shape index (κ1) is 15.0. The van der Waals surface area contributed by atoms with Crippen molar-refractivity contribution in [1.82, 2.24) is 5.32 Å². The van der Waals surface area contributed by atoms with E-state index in [-0.39, 0.29) is 11.7 Å². The van der Waals surface area contributed by atoms with E-state index in [0.717, 1.165) is 19.5 Å². The molecule has 0 aromatic heterocycles. The molecule has 1 unspecified atom stereocenters. The lowest BCUT2D eigenvalue weighted by Crippen LogP contribution is -2.22. The Balaban J connectivity index is 2.20. The van der Waals surface area contributed by atoms with Crippen molar-refractivity contribution in [3.8, 4) is 0 Å². The van der Waals surface area contributed by atoms with Crippen LogP contribution in [0.25, 0.3) is 6.08 Å². The molecule has 0 amide bonds. The first-order valence-corrected chi connectivity index (χ1v) is 6.62. The molecule has 1 aromatic rings. The van der Waals surface area contributed by atoms with Crippen molar-refractivity contribution in [2.24, 2.45) is 0 Å². The number of carbonyl (C=O) groups is 1. The van der Waals surface area contributed by atoms with Crippen molar-refractivity contribution in [1.29, 1.82) is 0 Å². The number of carbonyl (C=O) groups excluding carboxylic acids is 1. The lowest BCUT2D eigenvalue weighted by molar-refractivity contribution is -0.384. The lowest BCUT2D eigenvalue weighted by Gasteiger charge is -2.13. The first-order valence-electron chi connectivity index (χ1n) is 6.62. The summed E-state index contributed by atoms with van der Waals surface area (Å²) in [6.45, 7) is 1.70. The van der Waals surface area contributed by atoms with Crippen molar-refractivity contribution in [2.75, 3.05) is 25.5 Å². The molecule has 0 bridgehead atoms. The molecular weight excluding hydrogens is 274 g/mol. The number of nitrogens with zero attached hydrogens (tertiary/aromatic N) is 1. The monoisotopic (exact) mass is 291 g/mol. The molecule has 21 heavy (non-hydrogen) atoms. The summed E-state index contributed by atoms with van der Waals surface area (Å²) in [5.41, 5.74) is 1.06. The Bertz CT molecular complexity index is 565. The van der Waals surface area contributed by atoms with Crippen LogP contribution in [0.15, 0.2) is 24.3 Å². The van der Waals surface area contributed by atoms with Crippen LogP contribution in [0.4, 0.5) is 11.4 Å². The molecule has 0 saturated carbocycles. The van der Waals surface area contributed by atoms with E-state index in [0.29, 0.717) is 11.3 Å². The highest BCUT2D eigenvalue weighted by molar-refractivity contribution is 5.87. The van der Waals surface area contributed by atoms with Gasteiger partial charge in [0.05, 0.1) is 12.0 Å². The molecule has 1 aliphatic heterocycles. The zero-order valence-corrected chi connectivity index (χ0v) is 11.7. The fourth-order valence-electron chi connectivity index (χ4n) is 2.16. The van der Waals surface area contributed by atoms with Crippen LogP contribution in [0.1, 0.15) is 12.0 Å². The summed E-state index contributed by atoms with van der Waals surface area (Å²) < 4.78 is 4.48. The number of nitro groups is 1.